The lowest BCUT2D eigenvalue weighted by atomic mass is 10.6. The van der Waals surface area contributed by atoms with Gasteiger partial charge in [-0.3, -0.25) is 0 Å². The van der Waals surface area contributed by atoms with E-state index >= 15 is 0 Å². The van der Waals surface area contributed by atoms with E-state index in [1.54, 1.807) is 12.2 Å². The average Bonchev–Trinajstić information content (AvgIpc) is 2.30. The molecular formula is C7H7NO3. The Kier molecular flexibility index (Phi) is 2.43. The summed E-state index contributed by atoms with van der Waals surface area (Å²) in [6.07, 6.45) is 6.09. The Hall–Kier alpha value is -1.58. The second-order valence-electron chi connectivity index (χ2n) is 1.71. The van der Waals surface area contributed by atoms with Gasteiger partial charge in [0.2, 0.25) is 0 Å². The molecule has 0 amide bonds. The monoisotopic (exact) mass is 153 g/mol. The minimum absolute atomic E-state index is 0.0579. The minimum Gasteiger partial charge on any atom is -0.462 e. The van der Waals surface area contributed by atoms with Crippen molar-refractivity contribution < 1.29 is 14.3 Å². The molecular weight excluding hydrogens is 146 g/mol. The number of rotatable bonds is 1. The maximum Gasteiger partial charge on any atom is 0.394 e. The number of carbonyl (C=O) groups is 1. The number of aliphatic imine (C=N–C) groups is 1. The third-order valence-corrected chi connectivity index (χ3v) is 1.01. The van der Waals surface area contributed by atoms with Crippen molar-refractivity contribution in [3.63, 3.8) is 0 Å². The number of allylic oxidation sites excluding steroid dienone is 2. The highest BCUT2D eigenvalue weighted by molar-refractivity contribution is 6.32. The van der Waals surface area contributed by atoms with Crippen LogP contribution < -0.4 is 0 Å². The fourth-order valence-corrected chi connectivity index (χ4v) is 0.528. The molecule has 0 radical (unpaired) electrons. The molecule has 0 bridgehead atoms. The van der Waals surface area contributed by atoms with Gasteiger partial charge in [-0.25, -0.2) is 9.79 Å². The molecule has 0 fully saturated rings. The Labute approximate surface area is 63.8 Å². The van der Waals surface area contributed by atoms with Crippen LogP contribution in [0.2, 0.25) is 0 Å². The highest BCUT2D eigenvalue weighted by Gasteiger charge is 2.11. The van der Waals surface area contributed by atoms with Crippen LogP contribution >= 0.6 is 0 Å². The van der Waals surface area contributed by atoms with Gasteiger partial charge in [0.25, 0.3) is 0 Å². The van der Waals surface area contributed by atoms with Gasteiger partial charge >= 0.3 is 11.9 Å². The molecule has 0 aromatic heterocycles. The number of methoxy groups -OCH3 is 1. The lowest BCUT2D eigenvalue weighted by molar-refractivity contribution is -0.134. The van der Waals surface area contributed by atoms with Gasteiger partial charge in [-0.15, -0.1) is 0 Å². The van der Waals surface area contributed by atoms with Gasteiger partial charge in [-0.05, 0) is 12.2 Å². The largest absolute Gasteiger partial charge is 0.462 e. The van der Waals surface area contributed by atoms with Gasteiger partial charge in [0, 0.05) is 6.20 Å². The van der Waals surface area contributed by atoms with E-state index in [2.05, 4.69) is 9.73 Å². The van der Waals surface area contributed by atoms with Crippen LogP contribution in [0.4, 0.5) is 0 Å². The van der Waals surface area contributed by atoms with Crippen LogP contribution in [-0.2, 0) is 14.3 Å². The Morgan fingerprint density at radius 1 is 1.64 bits per heavy atom. The lowest BCUT2D eigenvalue weighted by Gasteiger charge is -1.98. The van der Waals surface area contributed by atoms with Crippen LogP contribution in [0.15, 0.2) is 29.6 Å². The molecule has 0 unspecified atom stereocenters. The Bertz CT molecular complexity index is 240. The second-order valence-corrected chi connectivity index (χ2v) is 1.71. The van der Waals surface area contributed by atoms with Gasteiger partial charge < -0.3 is 9.47 Å². The van der Waals surface area contributed by atoms with Gasteiger partial charge in [0.15, 0.2) is 0 Å². The molecule has 0 aromatic rings. The zero-order valence-corrected chi connectivity index (χ0v) is 5.98. The summed E-state index contributed by atoms with van der Waals surface area (Å²) in [7, 11) is 1.27. The van der Waals surface area contributed by atoms with Crippen molar-refractivity contribution in [3.05, 3.63) is 24.6 Å². The Morgan fingerprint density at radius 2 is 2.45 bits per heavy atom. The van der Waals surface area contributed by atoms with E-state index in [1.807, 2.05) is 0 Å². The SMILES string of the molecule is COC(=O)C1=NC=CC=CO1. The maximum absolute atomic E-state index is 10.8. The Morgan fingerprint density at radius 3 is 3.18 bits per heavy atom. The van der Waals surface area contributed by atoms with Gasteiger partial charge in [-0.1, -0.05) is 0 Å². The number of esters is 1. The summed E-state index contributed by atoms with van der Waals surface area (Å²) in [6, 6.07) is 0. The van der Waals surface area contributed by atoms with E-state index in [9.17, 15) is 4.79 Å². The molecule has 11 heavy (non-hydrogen) atoms. The van der Waals surface area contributed by atoms with Crippen molar-refractivity contribution in [3.8, 4) is 0 Å². The molecule has 0 saturated heterocycles. The van der Waals surface area contributed by atoms with E-state index in [0.717, 1.165) is 0 Å². The average molecular weight is 153 g/mol. The maximum atomic E-state index is 10.8. The normalized spacial score (nSPS) is 14.8. The van der Waals surface area contributed by atoms with Crippen molar-refractivity contribution in [2.75, 3.05) is 7.11 Å². The molecule has 0 atom stereocenters. The van der Waals surface area contributed by atoms with E-state index < -0.39 is 5.97 Å². The summed E-state index contributed by atoms with van der Waals surface area (Å²) in [5.74, 6) is -0.640. The summed E-state index contributed by atoms with van der Waals surface area (Å²) < 4.78 is 9.17. The second kappa shape index (κ2) is 3.55. The molecule has 1 rings (SSSR count). The first-order valence-corrected chi connectivity index (χ1v) is 2.99. The molecule has 0 aliphatic carbocycles. The van der Waals surface area contributed by atoms with E-state index in [4.69, 9.17) is 4.74 Å². The van der Waals surface area contributed by atoms with Gasteiger partial charge in [0.1, 0.15) is 0 Å². The topological polar surface area (TPSA) is 47.9 Å². The van der Waals surface area contributed by atoms with Crippen molar-refractivity contribution in [2.24, 2.45) is 4.99 Å². The molecule has 0 N–H and O–H groups in total. The van der Waals surface area contributed by atoms with E-state index in [0.29, 0.717) is 0 Å². The summed E-state index contributed by atoms with van der Waals surface area (Å²) in [5, 5.41) is 0. The van der Waals surface area contributed by atoms with Crippen LogP contribution in [0.25, 0.3) is 0 Å². The van der Waals surface area contributed by atoms with E-state index in [1.165, 1.54) is 19.6 Å². The van der Waals surface area contributed by atoms with E-state index in [-0.39, 0.29) is 5.90 Å². The quantitative estimate of drug-likeness (QED) is 0.518. The van der Waals surface area contributed by atoms with Crippen molar-refractivity contribution in [1.29, 1.82) is 0 Å². The standard InChI is InChI=1S/C7H7NO3/c1-10-7(9)6-8-4-2-3-5-11-6/h2-5H,1H3. The zero-order valence-electron chi connectivity index (χ0n) is 5.98. The zero-order chi connectivity index (χ0) is 8.10. The summed E-state index contributed by atoms with van der Waals surface area (Å²) in [5.41, 5.74) is 0. The molecule has 0 aromatic carbocycles. The van der Waals surface area contributed by atoms with Crippen molar-refractivity contribution >= 4 is 11.9 Å². The number of hydrogen-bond donors (Lipinski definition) is 0. The molecule has 4 heteroatoms. The first-order valence-electron chi connectivity index (χ1n) is 2.99. The van der Waals surface area contributed by atoms with Gasteiger partial charge in [0.05, 0.1) is 13.4 Å². The van der Waals surface area contributed by atoms with Crippen LogP contribution in [0.1, 0.15) is 0 Å². The first kappa shape index (κ1) is 7.53. The fraction of sp³-hybridized carbons (Fsp3) is 0.143. The summed E-state index contributed by atoms with van der Waals surface area (Å²) >= 11 is 0. The smallest absolute Gasteiger partial charge is 0.394 e. The molecule has 4 nitrogen and oxygen atoms in total. The predicted molar refractivity (Wildman–Crippen MR) is 38.8 cm³/mol. The number of ether oxygens (including phenoxy) is 2. The Balaban J connectivity index is 2.72. The molecule has 1 aliphatic rings. The van der Waals surface area contributed by atoms with Crippen LogP contribution in [0.5, 0.6) is 0 Å². The number of carbonyl (C=O) groups excluding carboxylic acids is 1. The third-order valence-electron chi connectivity index (χ3n) is 1.01. The first-order chi connectivity index (χ1) is 5.34. The molecule has 58 valence electrons. The lowest BCUT2D eigenvalue weighted by Crippen LogP contribution is -2.16. The molecule has 0 saturated carbocycles. The number of nitrogens with zero attached hydrogens (tertiary/aromatic N) is 1. The van der Waals surface area contributed by atoms with Crippen LogP contribution in [0.3, 0.4) is 0 Å². The number of hydrogen-bond acceptors (Lipinski definition) is 4. The molecule has 0 spiro atoms. The minimum atomic E-state index is -0.582. The highest BCUT2D eigenvalue weighted by Crippen LogP contribution is 1.94. The fourth-order valence-electron chi connectivity index (χ4n) is 0.528. The molecule has 1 heterocycles. The molecule has 1 aliphatic heterocycles. The van der Waals surface area contributed by atoms with Gasteiger partial charge in [-0.2, -0.15) is 0 Å². The van der Waals surface area contributed by atoms with Crippen LogP contribution in [0, 0.1) is 0 Å². The van der Waals surface area contributed by atoms with Crippen molar-refractivity contribution in [2.45, 2.75) is 0 Å². The summed E-state index contributed by atoms with van der Waals surface area (Å²) in [6.45, 7) is 0. The highest BCUT2D eigenvalue weighted by atomic mass is 16.6. The van der Waals surface area contributed by atoms with Crippen LogP contribution in [-0.4, -0.2) is 19.0 Å². The predicted octanol–water partition coefficient (Wildman–Crippen LogP) is 0.615. The van der Waals surface area contributed by atoms with Crippen molar-refractivity contribution in [1.82, 2.24) is 0 Å². The summed E-state index contributed by atoms with van der Waals surface area (Å²) in [4.78, 5) is 14.4. The third kappa shape index (κ3) is 1.93.